The van der Waals surface area contributed by atoms with Crippen molar-refractivity contribution >= 4 is 10.0 Å². The van der Waals surface area contributed by atoms with Crippen molar-refractivity contribution in [3.05, 3.63) is 47.8 Å². The largest absolute Gasteiger partial charge is 0.248 e. The second kappa shape index (κ2) is 5.57. The third kappa shape index (κ3) is 3.14. The van der Waals surface area contributed by atoms with E-state index in [2.05, 4.69) is 10.3 Å². The number of nitrogens with zero attached hydrogens (tertiary/aromatic N) is 4. The van der Waals surface area contributed by atoms with E-state index in [0.29, 0.717) is 13.1 Å². The van der Waals surface area contributed by atoms with Gasteiger partial charge in [-0.3, -0.25) is 0 Å². The van der Waals surface area contributed by atoms with Crippen LogP contribution in [0, 0.1) is 6.92 Å². The van der Waals surface area contributed by atoms with Gasteiger partial charge in [-0.15, -0.1) is 5.10 Å². The van der Waals surface area contributed by atoms with E-state index >= 15 is 0 Å². The van der Waals surface area contributed by atoms with Gasteiger partial charge in [0.25, 0.3) is 0 Å². The Morgan fingerprint density at radius 3 is 2.95 bits per heavy atom. The van der Waals surface area contributed by atoms with Crippen LogP contribution >= 0.6 is 0 Å². The smallest absolute Gasteiger partial charge is 0.218 e. The van der Waals surface area contributed by atoms with Gasteiger partial charge in [-0.25, -0.2) is 13.1 Å². The van der Waals surface area contributed by atoms with Crippen molar-refractivity contribution in [3.63, 3.8) is 0 Å². The maximum Gasteiger partial charge on any atom is 0.218 e. The summed E-state index contributed by atoms with van der Waals surface area (Å²) >= 11 is 0. The standard InChI is InChI=1S/C14H18N4O2S/c1-12-3-2-4-13(9-12)11-21(19,20)17-7-5-14(10-17)18-8-6-15-16-18/h2-4,6,8-9,14H,5,7,10-11H2,1H3. The van der Waals surface area contributed by atoms with Crippen LogP contribution in [0.2, 0.25) is 0 Å². The van der Waals surface area contributed by atoms with Crippen molar-refractivity contribution < 1.29 is 8.42 Å². The van der Waals surface area contributed by atoms with E-state index in [4.69, 9.17) is 0 Å². The molecule has 0 spiro atoms. The van der Waals surface area contributed by atoms with Crippen LogP contribution in [0.5, 0.6) is 0 Å². The maximum atomic E-state index is 12.5. The number of hydrogen-bond acceptors (Lipinski definition) is 4. The molecule has 0 aliphatic carbocycles. The minimum absolute atomic E-state index is 0.0543. The first-order valence-electron chi connectivity index (χ1n) is 6.94. The molecular formula is C14H18N4O2S. The van der Waals surface area contributed by atoms with Gasteiger partial charge < -0.3 is 0 Å². The molecule has 1 aliphatic rings. The fourth-order valence-electron chi connectivity index (χ4n) is 2.70. The zero-order chi connectivity index (χ0) is 14.9. The summed E-state index contributed by atoms with van der Waals surface area (Å²) in [5, 5.41) is 7.73. The van der Waals surface area contributed by atoms with Crippen LogP contribution in [-0.4, -0.2) is 40.8 Å². The first kappa shape index (κ1) is 14.2. The molecule has 1 aliphatic heterocycles. The molecule has 7 heteroatoms. The molecule has 6 nitrogen and oxygen atoms in total. The molecule has 0 bridgehead atoms. The molecule has 3 rings (SSSR count). The number of benzene rings is 1. The Kier molecular flexibility index (Phi) is 3.77. The van der Waals surface area contributed by atoms with Gasteiger partial charge in [0.2, 0.25) is 10.0 Å². The number of sulfonamides is 1. The molecule has 1 unspecified atom stereocenters. The molecule has 0 radical (unpaired) electrons. The first-order valence-corrected chi connectivity index (χ1v) is 8.55. The Morgan fingerprint density at radius 1 is 1.38 bits per heavy atom. The van der Waals surface area contributed by atoms with E-state index in [9.17, 15) is 8.42 Å². The highest BCUT2D eigenvalue weighted by Crippen LogP contribution is 2.24. The Hall–Kier alpha value is -1.73. The number of aromatic nitrogens is 3. The molecule has 2 heterocycles. The van der Waals surface area contributed by atoms with Crippen molar-refractivity contribution in [2.24, 2.45) is 0 Å². The average molecular weight is 306 g/mol. The molecule has 1 atom stereocenters. The molecule has 0 N–H and O–H groups in total. The minimum atomic E-state index is -3.28. The third-order valence-electron chi connectivity index (χ3n) is 3.77. The number of aryl methyl sites for hydroxylation is 1. The minimum Gasteiger partial charge on any atom is -0.248 e. The van der Waals surface area contributed by atoms with Crippen LogP contribution in [0.1, 0.15) is 23.6 Å². The Balaban J connectivity index is 1.71. The topological polar surface area (TPSA) is 68.1 Å². The fraction of sp³-hybridized carbons (Fsp3) is 0.429. The Labute approximate surface area is 124 Å². The lowest BCUT2D eigenvalue weighted by atomic mass is 10.2. The summed E-state index contributed by atoms with van der Waals surface area (Å²) in [4.78, 5) is 0. The van der Waals surface area contributed by atoms with Crippen molar-refractivity contribution in [2.45, 2.75) is 25.1 Å². The first-order chi connectivity index (χ1) is 10.0. The lowest BCUT2D eigenvalue weighted by Gasteiger charge is -2.16. The molecule has 1 saturated heterocycles. The van der Waals surface area contributed by atoms with Gasteiger partial charge in [-0.2, -0.15) is 4.31 Å². The van der Waals surface area contributed by atoms with E-state index in [1.54, 1.807) is 21.4 Å². The van der Waals surface area contributed by atoms with E-state index in [1.807, 2.05) is 31.2 Å². The molecule has 2 aromatic rings. The van der Waals surface area contributed by atoms with Gasteiger partial charge in [0.15, 0.2) is 0 Å². The van der Waals surface area contributed by atoms with Gasteiger partial charge in [-0.05, 0) is 18.9 Å². The SMILES string of the molecule is Cc1cccc(CS(=O)(=O)N2CCC(n3ccnn3)C2)c1. The van der Waals surface area contributed by atoms with Gasteiger partial charge >= 0.3 is 0 Å². The lowest BCUT2D eigenvalue weighted by molar-refractivity contribution is 0.428. The highest BCUT2D eigenvalue weighted by molar-refractivity contribution is 7.88. The predicted octanol–water partition coefficient (Wildman–Crippen LogP) is 1.36. The Bertz CT molecular complexity index is 712. The van der Waals surface area contributed by atoms with E-state index in [1.165, 1.54) is 0 Å². The quantitative estimate of drug-likeness (QED) is 0.855. The molecule has 112 valence electrons. The maximum absolute atomic E-state index is 12.5. The molecule has 21 heavy (non-hydrogen) atoms. The summed E-state index contributed by atoms with van der Waals surface area (Å²) in [5.74, 6) is 0.0543. The van der Waals surface area contributed by atoms with Gasteiger partial charge in [0.1, 0.15) is 0 Å². The second-order valence-corrected chi connectivity index (χ2v) is 7.40. The highest BCUT2D eigenvalue weighted by atomic mass is 32.2. The zero-order valence-electron chi connectivity index (χ0n) is 11.9. The number of rotatable bonds is 4. The zero-order valence-corrected chi connectivity index (χ0v) is 12.7. The second-order valence-electron chi connectivity index (χ2n) is 5.43. The van der Waals surface area contributed by atoms with Crippen molar-refractivity contribution in [1.29, 1.82) is 0 Å². The van der Waals surface area contributed by atoms with Crippen LogP contribution in [0.4, 0.5) is 0 Å². The van der Waals surface area contributed by atoms with Gasteiger partial charge in [0, 0.05) is 19.3 Å². The summed E-state index contributed by atoms with van der Waals surface area (Å²) in [6, 6.07) is 7.72. The highest BCUT2D eigenvalue weighted by Gasteiger charge is 2.32. The van der Waals surface area contributed by atoms with Crippen LogP contribution in [0.3, 0.4) is 0 Å². The lowest BCUT2D eigenvalue weighted by Crippen LogP contribution is -2.30. The summed E-state index contributed by atoms with van der Waals surface area (Å²) in [5.41, 5.74) is 1.91. The summed E-state index contributed by atoms with van der Waals surface area (Å²) in [7, 11) is -3.28. The molecule has 0 saturated carbocycles. The molecular weight excluding hydrogens is 288 g/mol. The molecule has 1 aromatic carbocycles. The van der Waals surface area contributed by atoms with Crippen molar-refractivity contribution in [1.82, 2.24) is 19.3 Å². The van der Waals surface area contributed by atoms with E-state index < -0.39 is 10.0 Å². The summed E-state index contributed by atoms with van der Waals surface area (Å²) in [6.45, 7) is 2.98. The molecule has 1 fully saturated rings. The summed E-state index contributed by atoms with van der Waals surface area (Å²) < 4.78 is 28.3. The van der Waals surface area contributed by atoms with Crippen molar-refractivity contribution in [2.75, 3.05) is 13.1 Å². The third-order valence-corrected chi connectivity index (χ3v) is 5.58. The van der Waals surface area contributed by atoms with Gasteiger partial charge in [0.05, 0.1) is 18.0 Å². The predicted molar refractivity (Wildman–Crippen MR) is 79.1 cm³/mol. The molecule has 1 aromatic heterocycles. The van der Waals surface area contributed by atoms with Crippen LogP contribution < -0.4 is 0 Å². The monoisotopic (exact) mass is 306 g/mol. The number of hydrogen-bond donors (Lipinski definition) is 0. The normalized spacial score (nSPS) is 20.0. The Morgan fingerprint density at radius 2 is 2.24 bits per heavy atom. The van der Waals surface area contributed by atoms with E-state index in [0.717, 1.165) is 17.5 Å². The van der Waals surface area contributed by atoms with Crippen LogP contribution in [0.25, 0.3) is 0 Å². The fourth-order valence-corrected chi connectivity index (χ4v) is 4.26. The van der Waals surface area contributed by atoms with E-state index in [-0.39, 0.29) is 11.8 Å². The van der Waals surface area contributed by atoms with Gasteiger partial charge in [-0.1, -0.05) is 35.0 Å². The molecule has 0 amide bonds. The van der Waals surface area contributed by atoms with Crippen LogP contribution in [-0.2, 0) is 15.8 Å². The average Bonchev–Trinajstić information content (AvgIpc) is 3.10. The summed E-state index contributed by atoms with van der Waals surface area (Å²) in [6.07, 6.45) is 4.17. The van der Waals surface area contributed by atoms with Crippen LogP contribution in [0.15, 0.2) is 36.7 Å². The van der Waals surface area contributed by atoms with Crippen molar-refractivity contribution in [3.8, 4) is 0 Å².